The number of nitrogen functional groups attached to an aromatic ring is 2. The van der Waals surface area contributed by atoms with Gasteiger partial charge < -0.3 is 15.6 Å². The first-order valence-electron chi connectivity index (χ1n) is 17.8. The maximum absolute atomic E-state index is 8.69. The van der Waals surface area contributed by atoms with E-state index in [1.165, 1.54) is 20.7 Å². The van der Waals surface area contributed by atoms with Crippen molar-refractivity contribution in [1.82, 2.24) is 9.97 Å². The molecule has 51 heavy (non-hydrogen) atoms. The summed E-state index contributed by atoms with van der Waals surface area (Å²) < 4.78 is 8.69. The summed E-state index contributed by atoms with van der Waals surface area (Å²) in [6, 6.07) is 46.8. The van der Waals surface area contributed by atoms with Gasteiger partial charge in [-0.2, -0.15) is 0 Å². The lowest BCUT2D eigenvalue weighted by Gasteiger charge is -2.54. The van der Waals surface area contributed by atoms with Crippen molar-refractivity contribution in [2.24, 2.45) is 0 Å². The minimum atomic E-state index is -3.32. The first-order chi connectivity index (χ1) is 24.4. The van der Waals surface area contributed by atoms with Crippen molar-refractivity contribution in [1.29, 1.82) is 0 Å². The highest BCUT2D eigenvalue weighted by atomic mass is 28.4. The van der Waals surface area contributed by atoms with E-state index >= 15 is 0 Å². The molecule has 0 saturated heterocycles. The molecule has 0 aliphatic heterocycles. The van der Waals surface area contributed by atoms with Gasteiger partial charge in [-0.1, -0.05) is 139 Å². The largest absolute Gasteiger partial charge is 0.441 e. The Morgan fingerprint density at radius 3 is 1.18 bits per heavy atom. The third-order valence-electron chi connectivity index (χ3n) is 10.1. The van der Waals surface area contributed by atoms with E-state index in [1.807, 2.05) is 48.8 Å². The van der Waals surface area contributed by atoms with Gasteiger partial charge in [0.2, 0.25) is 0 Å². The molecular formula is C44H50N4OSi2. The van der Waals surface area contributed by atoms with Gasteiger partial charge in [0.05, 0.1) is 0 Å². The molecule has 2 heterocycles. The number of aromatic nitrogens is 2. The zero-order chi connectivity index (χ0) is 36.3. The monoisotopic (exact) mass is 706 g/mol. The minimum Gasteiger partial charge on any atom is -0.441 e. The number of hydrogen-bond donors (Lipinski definition) is 2. The van der Waals surface area contributed by atoms with E-state index in [4.69, 9.17) is 25.6 Å². The standard InChI is InChI=1S/C44H50N4OSi2/c1-43(2,3)50(35-21-9-7-10-22-35,41-27-17-25-39(45)37(41)31-33-19-13-15-29-47-33)49-51(44(4,5)6,36-23-11-8-12-24-36)42-28-18-26-40(46)38(42)32-34-20-14-16-30-48-34/h7-30H,31-32,45-46H2,1-6H3. The zero-order valence-electron chi connectivity index (χ0n) is 30.7. The lowest BCUT2D eigenvalue weighted by Crippen LogP contribution is -2.79. The molecule has 4 aromatic carbocycles. The number of anilines is 2. The van der Waals surface area contributed by atoms with E-state index in [2.05, 4.69) is 139 Å². The molecule has 0 radical (unpaired) electrons. The molecule has 0 saturated carbocycles. The van der Waals surface area contributed by atoms with Crippen LogP contribution in [0, 0.1) is 0 Å². The van der Waals surface area contributed by atoms with Crippen molar-refractivity contribution >= 4 is 48.8 Å². The number of pyridine rings is 2. The highest BCUT2D eigenvalue weighted by Gasteiger charge is 2.61. The van der Waals surface area contributed by atoms with E-state index in [0.717, 1.165) is 33.9 Å². The summed E-state index contributed by atoms with van der Waals surface area (Å²) in [5, 5.41) is 4.11. The highest BCUT2D eigenvalue weighted by molar-refractivity contribution is 7.11. The van der Waals surface area contributed by atoms with E-state index in [1.54, 1.807) is 0 Å². The molecule has 6 aromatic rings. The molecule has 4 N–H and O–H groups in total. The van der Waals surface area contributed by atoms with Crippen molar-refractivity contribution in [3.05, 3.63) is 168 Å². The molecule has 0 amide bonds. The maximum atomic E-state index is 8.69. The molecule has 5 nitrogen and oxygen atoms in total. The minimum absolute atomic E-state index is 0.333. The van der Waals surface area contributed by atoms with E-state index in [0.29, 0.717) is 12.8 Å². The van der Waals surface area contributed by atoms with Crippen LogP contribution in [0.15, 0.2) is 146 Å². The molecule has 7 heteroatoms. The van der Waals surface area contributed by atoms with Crippen LogP contribution in [0.2, 0.25) is 10.1 Å². The molecule has 0 spiro atoms. The Kier molecular flexibility index (Phi) is 10.2. The zero-order valence-corrected chi connectivity index (χ0v) is 32.7. The first kappa shape index (κ1) is 36.0. The summed E-state index contributed by atoms with van der Waals surface area (Å²) in [7, 11) is -6.65. The summed E-state index contributed by atoms with van der Waals surface area (Å²) in [4.78, 5) is 9.50. The van der Waals surface area contributed by atoms with Crippen LogP contribution in [0.25, 0.3) is 0 Å². The third kappa shape index (κ3) is 6.81. The Morgan fingerprint density at radius 2 is 0.843 bits per heavy atom. The second-order valence-electron chi connectivity index (χ2n) is 15.4. The molecule has 260 valence electrons. The summed E-state index contributed by atoms with van der Waals surface area (Å²) in [5.74, 6) is 0. The van der Waals surface area contributed by atoms with E-state index < -0.39 is 16.6 Å². The number of hydrogen-bond acceptors (Lipinski definition) is 5. The predicted molar refractivity (Wildman–Crippen MR) is 219 cm³/mol. The summed E-state index contributed by atoms with van der Waals surface area (Å²) in [6.07, 6.45) is 4.91. The lowest BCUT2D eigenvalue weighted by molar-refractivity contribution is 0.474. The van der Waals surface area contributed by atoms with Gasteiger partial charge in [0.25, 0.3) is 16.6 Å². The number of benzene rings is 4. The molecule has 2 unspecified atom stereocenters. The number of nitrogens with zero attached hydrogens (tertiary/aromatic N) is 2. The van der Waals surface area contributed by atoms with Gasteiger partial charge in [0, 0.05) is 48.0 Å². The summed E-state index contributed by atoms with van der Waals surface area (Å²) in [5.41, 5.74) is 19.6. The van der Waals surface area contributed by atoms with Crippen LogP contribution >= 0.6 is 0 Å². The molecule has 2 atom stereocenters. The van der Waals surface area contributed by atoms with Crippen LogP contribution in [0.1, 0.15) is 64.1 Å². The van der Waals surface area contributed by atoms with Crippen LogP contribution in [-0.4, -0.2) is 26.6 Å². The SMILES string of the molecule is CC(C)(C)[Si](O[Si](c1ccccc1)(c1cccc(N)c1Cc1ccccn1)C(C)(C)C)(c1ccccc1)c1cccc(N)c1Cc1ccccn1. The van der Waals surface area contributed by atoms with Gasteiger partial charge in [-0.3, -0.25) is 9.97 Å². The molecule has 2 aromatic heterocycles. The van der Waals surface area contributed by atoms with Crippen LogP contribution in [0.4, 0.5) is 11.4 Å². The first-order valence-corrected chi connectivity index (χ1v) is 21.6. The second kappa shape index (κ2) is 14.4. The fourth-order valence-electron chi connectivity index (χ4n) is 7.73. The molecule has 0 aliphatic rings. The number of nitrogens with two attached hydrogens (primary N) is 2. The Morgan fingerprint density at radius 1 is 0.471 bits per heavy atom. The topological polar surface area (TPSA) is 87.0 Å². The van der Waals surface area contributed by atoms with Gasteiger partial charge in [-0.15, -0.1) is 0 Å². The lowest BCUT2D eigenvalue weighted by atomic mass is 10.1. The van der Waals surface area contributed by atoms with Crippen LogP contribution in [0.5, 0.6) is 0 Å². The van der Waals surface area contributed by atoms with Gasteiger partial charge in [0.15, 0.2) is 0 Å². The Balaban J connectivity index is 1.75. The van der Waals surface area contributed by atoms with Crippen molar-refractivity contribution in [2.75, 3.05) is 11.5 Å². The summed E-state index contributed by atoms with van der Waals surface area (Å²) in [6.45, 7) is 14.1. The van der Waals surface area contributed by atoms with Gasteiger partial charge in [-0.05, 0) is 78.3 Å². The quantitative estimate of drug-likeness (QED) is 0.116. The van der Waals surface area contributed by atoms with Crippen molar-refractivity contribution in [3.8, 4) is 0 Å². The predicted octanol–water partition coefficient (Wildman–Crippen LogP) is 7.26. The molecule has 6 rings (SSSR count). The summed E-state index contributed by atoms with van der Waals surface area (Å²) >= 11 is 0. The Bertz CT molecular complexity index is 1910. The maximum Gasteiger partial charge on any atom is 0.251 e. The normalized spacial score (nSPS) is 14.4. The highest BCUT2D eigenvalue weighted by Crippen LogP contribution is 2.46. The van der Waals surface area contributed by atoms with Crippen LogP contribution in [-0.2, 0) is 17.0 Å². The molecular weight excluding hydrogens is 657 g/mol. The van der Waals surface area contributed by atoms with Crippen LogP contribution < -0.4 is 32.2 Å². The van der Waals surface area contributed by atoms with Gasteiger partial charge in [-0.25, -0.2) is 0 Å². The molecule has 0 bridgehead atoms. The fourth-order valence-corrected chi connectivity index (χ4v) is 21.1. The fraction of sp³-hybridized carbons (Fsp3) is 0.227. The molecule has 0 fully saturated rings. The van der Waals surface area contributed by atoms with Gasteiger partial charge in [0.1, 0.15) is 0 Å². The second-order valence-corrected chi connectivity index (χ2v) is 24.2. The van der Waals surface area contributed by atoms with E-state index in [-0.39, 0.29) is 10.1 Å². The average molecular weight is 707 g/mol. The van der Waals surface area contributed by atoms with Crippen molar-refractivity contribution in [3.63, 3.8) is 0 Å². The Hall–Kier alpha value is -4.83. The van der Waals surface area contributed by atoms with Crippen molar-refractivity contribution < 1.29 is 4.12 Å². The third-order valence-corrected chi connectivity index (χ3v) is 21.6. The van der Waals surface area contributed by atoms with E-state index in [9.17, 15) is 0 Å². The van der Waals surface area contributed by atoms with Crippen LogP contribution in [0.3, 0.4) is 0 Å². The number of rotatable bonds is 10. The van der Waals surface area contributed by atoms with Gasteiger partial charge >= 0.3 is 0 Å². The molecule has 0 aliphatic carbocycles. The average Bonchev–Trinajstić information content (AvgIpc) is 3.12. The van der Waals surface area contributed by atoms with Crippen molar-refractivity contribution in [2.45, 2.75) is 64.5 Å². The smallest absolute Gasteiger partial charge is 0.251 e. The Labute approximate surface area is 306 Å².